The minimum Gasteiger partial charge on any atom is -0.329 e. The molecule has 0 aromatic rings. The summed E-state index contributed by atoms with van der Waals surface area (Å²) >= 11 is 0. The van der Waals surface area contributed by atoms with Gasteiger partial charge in [0.2, 0.25) is 0 Å². The summed E-state index contributed by atoms with van der Waals surface area (Å²) in [6.45, 7) is 1.95. The standard InChI is InChI=1S/C9H19F2N3/c1-14-4-2-3-9(6-12,7-14)13-5-8(10)11/h8,13H,2-7,12H2,1H3. The van der Waals surface area contributed by atoms with E-state index in [2.05, 4.69) is 10.2 Å². The molecule has 3 nitrogen and oxygen atoms in total. The highest BCUT2D eigenvalue weighted by Gasteiger charge is 2.32. The molecule has 1 aliphatic heterocycles. The van der Waals surface area contributed by atoms with E-state index in [1.165, 1.54) is 0 Å². The smallest absolute Gasteiger partial charge is 0.250 e. The van der Waals surface area contributed by atoms with Crippen LogP contribution in [0.2, 0.25) is 0 Å². The monoisotopic (exact) mass is 207 g/mol. The Balaban J connectivity index is 2.47. The van der Waals surface area contributed by atoms with Gasteiger partial charge in [0, 0.05) is 18.6 Å². The van der Waals surface area contributed by atoms with Crippen LogP contribution in [0.5, 0.6) is 0 Å². The molecule has 1 rings (SSSR count). The molecular formula is C9H19F2N3. The molecule has 14 heavy (non-hydrogen) atoms. The van der Waals surface area contributed by atoms with E-state index in [9.17, 15) is 8.78 Å². The van der Waals surface area contributed by atoms with Crippen LogP contribution in [0.3, 0.4) is 0 Å². The molecule has 1 unspecified atom stereocenters. The van der Waals surface area contributed by atoms with Crippen LogP contribution in [0, 0.1) is 0 Å². The van der Waals surface area contributed by atoms with Crippen molar-refractivity contribution >= 4 is 0 Å². The highest BCUT2D eigenvalue weighted by atomic mass is 19.3. The van der Waals surface area contributed by atoms with Gasteiger partial charge in [-0.15, -0.1) is 0 Å². The summed E-state index contributed by atoms with van der Waals surface area (Å²) in [6, 6.07) is 0. The van der Waals surface area contributed by atoms with Crippen LogP contribution in [0.4, 0.5) is 8.78 Å². The highest BCUT2D eigenvalue weighted by Crippen LogP contribution is 2.19. The summed E-state index contributed by atoms with van der Waals surface area (Å²) in [4.78, 5) is 2.13. The van der Waals surface area contributed by atoms with Gasteiger partial charge in [0.1, 0.15) is 0 Å². The van der Waals surface area contributed by atoms with Gasteiger partial charge in [0.25, 0.3) is 6.43 Å². The summed E-state index contributed by atoms with van der Waals surface area (Å²) in [6.07, 6.45) is -0.393. The topological polar surface area (TPSA) is 41.3 Å². The van der Waals surface area contributed by atoms with Crippen LogP contribution in [0.25, 0.3) is 0 Å². The number of likely N-dealkylation sites (N-methyl/N-ethyl adjacent to an activating group) is 1. The molecule has 0 bridgehead atoms. The fraction of sp³-hybridized carbons (Fsp3) is 1.00. The Labute approximate surface area is 83.6 Å². The average Bonchev–Trinajstić information content (AvgIpc) is 2.15. The Hall–Kier alpha value is -0.260. The molecule has 84 valence electrons. The maximum atomic E-state index is 12.1. The van der Waals surface area contributed by atoms with Crippen molar-refractivity contribution in [2.24, 2.45) is 5.73 Å². The summed E-state index contributed by atoms with van der Waals surface area (Å²) in [5.41, 5.74) is 5.35. The Morgan fingerprint density at radius 3 is 2.79 bits per heavy atom. The first-order valence-corrected chi connectivity index (χ1v) is 5.00. The zero-order chi connectivity index (χ0) is 10.6. The van der Waals surface area contributed by atoms with Crippen molar-refractivity contribution < 1.29 is 8.78 Å². The van der Waals surface area contributed by atoms with Gasteiger partial charge < -0.3 is 16.0 Å². The second-order valence-electron chi connectivity index (χ2n) is 4.10. The molecule has 0 radical (unpaired) electrons. The van der Waals surface area contributed by atoms with E-state index in [1.807, 2.05) is 7.05 Å². The molecule has 0 aromatic heterocycles. The van der Waals surface area contributed by atoms with Crippen molar-refractivity contribution in [3.8, 4) is 0 Å². The van der Waals surface area contributed by atoms with Crippen LogP contribution in [-0.4, -0.2) is 50.1 Å². The van der Waals surface area contributed by atoms with Gasteiger partial charge in [-0.1, -0.05) is 0 Å². The van der Waals surface area contributed by atoms with E-state index in [4.69, 9.17) is 5.73 Å². The first-order chi connectivity index (χ1) is 6.58. The van der Waals surface area contributed by atoms with E-state index in [1.54, 1.807) is 0 Å². The van der Waals surface area contributed by atoms with Crippen LogP contribution in [0.15, 0.2) is 0 Å². The van der Waals surface area contributed by atoms with Gasteiger partial charge in [0.05, 0.1) is 6.54 Å². The molecule has 0 amide bonds. The van der Waals surface area contributed by atoms with Gasteiger partial charge in [-0.05, 0) is 26.4 Å². The predicted molar refractivity (Wildman–Crippen MR) is 52.5 cm³/mol. The lowest BCUT2D eigenvalue weighted by molar-refractivity contribution is 0.0996. The quantitative estimate of drug-likeness (QED) is 0.695. The Morgan fingerprint density at radius 1 is 1.57 bits per heavy atom. The van der Waals surface area contributed by atoms with E-state index in [0.717, 1.165) is 25.9 Å². The maximum Gasteiger partial charge on any atom is 0.250 e. The van der Waals surface area contributed by atoms with E-state index in [0.29, 0.717) is 6.54 Å². The van der Waals surface area contributed by atoms with Gasteiger partial charge in [-0.2, -0.15) is 0 Å². The third-order valence-electron chi connectivity index (χ3n) is 2.79. The van der Waals surface area contributed by atoms with Gasteiger partial charge in [-0.3, -0.25) is 0 Å². The number of halogens is 2. The first kappa shape index (κ1) is 11.8. The fourth-order valence-electron chi connectivity index (χ4n) is 2.04. The van der Waals surface area contributed by atoms with Crippen LogP contribution in [-0.2, 0) is 0 Å². The molecule has 0 spiro atoms. The third kappa shape index (κ3) is 3.15. The molecule has 0 saturated carbocycles. The number of likely N-dealkylation sites (tertiary alicyclic amines) is 1. The second-order valence-corrected chi connectivity index (χ2v) is 4.10. The van der Waals surface area contributed by atoms with Crippen molar-refractivity contribution in [1.82, 2.24) is 10.2 Å². The summed E-state index contributed by atoms with van der Waals surface area (Å²) in [5, 5.41) is 2.90. The van der Waals surface area contributed by atoms with Crippen molar-refractivity contribution in [2.45, 2.75) is 24.8 Å². The number of hydrogen-bond acceptors (Lipinski definition) is 3. The Kier molecular flexibility index (Phi) is 4.22. The van der Waals surface area contributed by atoms with E-state index in [-0.39, 0.29) is 12.1 Å². The number of nitrogens with one attached hydrogen (secondary N) is 1. The predicted octanol–water partition coefficient (Wildman–Crippen LogP) is 0.264. The number of rotatable bonds is 4. The Morgan fingerprint density at radius 2 is 2.29 bits per heavy atom. The van der Waals surface area contributed by atoms with Crippen molar-refractivity contribution in [3.05, 3.63) is 0 Å². The van der Waals surface area contributed by atoms with E-state index < -0.39 is 6.43 Å². The SMILES string of the molecule is CN1CCCC(CN)(NCC(F)F)C1. The van der Waals surface area contributed by atoms with Crippen molar-refractivity contribution in [1.29, 1.82) is 0 Å². The van der Waals surface area contributed by atoms with Crippen LogP contribution < -0.4 is 11.1 Å². The molecule has 1 fully saturated rings. The minimum atomic E-state index is -2.30. The molecule has 0 aliphatic carbocycles. The van der Waals surface area contributed by atoms with Crippen molar-refractivity contribution in [2.75, 3.05) is 33.2 Å². The molecule has 1 heterocycles. The molecule has 5 heteroatoms. The minimum absolute atomic E-state index is 0.259. The van der Waals surface area contributed by atoms with Crippen LogP contribution >= 0.6 is 0 Å². The lowest BCUT2D eigenvalue weighted by atomic mass is 9.89. The van der Waals surface area contributed by atoms with E-state index >= 15 is 0 Å². The number of nitrogens with two attached hydrogens (primary N) is 1. The third-order valence-corrected chi connectivity index (χ3v) is 2.79. The lowest BCUT2D eigenvalue weighted by Crippen LogP contribution is -2.61. The van der Waals surface area contributed by atoms with Crippen LogP contribution in [0.1, 0.15) is 12.8 Å². The van der Waals surface area contributed by atoms with Gasteiger partial charge in [0.15, 0.2) is 0 Å². The number of alkyl halides is 2. The molecular weight excluding hydrogens is 188 g/mol. The molecule has 3 N–H and O–H groups in total. The molecule has 1 aliphatic rings. The summed E-state index contributed by atoms with van der Waals surface area (Å²) in [7, 11) is 1.99. The second kappa shape index (κ2) is 5.00. The lowest BCUT2D eigenvalue weighted by Gasteiger charge is -2.41. The molecule has 1 atom stereocenters. The zero-order valence-corrected chi connectivity index (χ0v) is 8.60. The zero-order valence-electron chi connectivity index (χ0n) is 8.60. The summed E-state index contributed by atoms with van der Waals surface area (Å²) < 4.78 is 24.2. The largest absolute Gasteiger partial charge is 0.329 e. The average molecular weight is 207 g/mol. The first-order valence-electron chi connectivity index (χ1n) is 5.00. The maximum absolute atomic E-state index is 12.1. The fourth-order valence-corrected chi connectivity index (χ4v) is 2.04. The van der Waals surface area contributed by atoms with Gasteiger partial charge in [-0.25, -0.2) is 8.78 Å². The number of nitrogens with zero attached hydrogens (tertiary/aromatic N) is 1. The van der Waals surface area contributed by atoms with Gasteiger partial charge >= 0.3 is 0 Å². The summed E-state index contributed by atoms with van der Waals surface area (Å²) in [5.74, 6) is 0. The van der Waals surface area contributed by atoms with Crippen molar-refractivity contribution in [3.63, 3.8) is 0 Å². The normalized spacial score (nSPS) is 29.8. The molecule has 1 saturated heterocycles. The number of piperidine rings is 1. The Bertz CT molecular complexity index is 177. The number of hydrogen-bond donors (Lipinski definition) is 2. The highest BCUT2D eigenvalue weighted by molar-refractivity contribution is 4.94. The molecule has 0 aromatic carbocycles.